The molecule has 0 saturated heterocycles. The Hall–Kier alpha value is -3.84. The summed E-state index contributed by atoms with van der Waals surface area (Å²) in [6.07, 6.45) is 0. The zero-order chi connectivity index (χ0) is 13.7. The molecule has 0 spiro atoms. The SMILES string of the molecule is [C-]#[N+]/C(C#N)=C1/C(=C(C#N)C#N)/C1=C(\C#N)[N+]#[C-]. The van der Waals surface area contributed by atoms with Crippen molar-refractivity contribution >= 4 is 0 Å². The molecule has 0 aliphatic heterocycles. The van der Waals surface area contributed by atoms with E-state index in [2.05, 4.69) is 9.69 Å². The molecule has 0 amide bonds. The Bertz CT molecular complexity index is 609. The van der Waals surface area contributed by atoms with Gasteiger partial charge in [-0.05, 0) is 16.7 Å². The van der Waals surface area contributed by atoms with Gasteiger partial charge in [0.15, 0.2) is 0 Å². The van der Waals surface area contributed by atoms with Gasteiger partial charge in [0, 0.05) is 0 Å². The van der Waals surface area contributed by atoms with Gasteiger partial charge in [0.25, 0.3) is 11.4 Å². The van der Waals surface area contributed by atoms with Crippen molar-refractivity contribution in [3.8, 4) is 24.3 Å². The minimum atomic E-state index is -0.334. The molecule has 1 fully saturated rings. The van der Waals surface area contributed by atoms with Gasteiger partial charge in [-0.1, -0.05) is 0 Å². The molecule has 1 saturated carbocycles. The lowest BCUT2D eigenvalue weighted by Crippen LogP contribution is -1.71. The van der Waals surface area contributed by atoms with Crippen LogP contribution in [0.2, 0.25) is 0 Å². The molecule has 78 valence electrons. The van der Waals surface area contributed by atoms with Gasteiger partial charge >= 0.3 is 0 Å². The minimum absolute atomic E-state index is 0.0538. The van der Waals surface area contributed by atoms with E-state index in [-0.39, 0.29) is 33.7 Å². The van der Waals surface area contributed by atoms with Crippen LogP contribution in [0.4, 0.5) is 0 Å². The lowest BCUT2D eigenvalue weighted by molar-refractivity contribution is 1.45. The maximum atomic E-state index is 8.73. The van der Waals surface area contributed by atoms with Crippen LogP contribution in [0.3, 0.4) is 0 Å². The van der Waals surface area contributed by atoms with Crippen LogP contribution >= 0.6 is 0 Å². The minimum Gasteiger partial charge on any atom is -0.226 e. The van der Waals surface area contributed by atoms with Crippen LogP contribution in [-0.2, 0) is 0 Å². The fourth-order valence-electron chi connectivity index (χ4n) is 1.32. The van der Waals surface area contributed by atoms with E-state index in [1.165, 1.54) is 0 Å². The van der Waals surface area contributed by atoms with Crippen molar-refractivity contribution in [2.75, 3.05) is 0 Å². The van der Waals surface area contributed by atoms with Gasteiger partial charge in [-0.15, -0.1) is 0 Å². The Morgan fingerprint density at radius 3 is 1.33 bits per heavy atom. The second-order valence-corrected chi connectivity index (χ2v) is 2.87. The fraction of sp³-hybridized carbons (Fsp3) is 0. The summed E-state index contributed by atoms with van der Waals surface area (Å²) in [4.78, 5) is 5.88. The maximum Gasteiger partial charge on any atom is 0.268 e. The Morgan fingerprint density at radius 2 is 1.11 bits per heavy atom. The zero-order valence-corrected chi connectivity index (χ0v) is 8.68. The third-order valence-corrected chi connectivity index (χ3v) is 2.07. The van der Waals surface area contributed by atoms with Crippen LogP contribution in [-0.4, -0.2) is 0 Å². The molecule has 0 aromatic rings. The molecule has 0 N–H and O–H groups in total. The van der Waals surface area contributed by atoms with E-state index >= 15 is 0 Å². The van der Waals surface area contributed by atoms with Gasteiger partial charge in [-0.25, -0.2) is 20.2 Å². The molecule has 1 rings (SSSR count). The quantitative estimate of drug-likeness (QED) is 0.465. The van der Waals surface area contributed by atoms with E-state index in [4.69, 9.17) is 34.2 Å². The van der Waals surface area contributed by atoms with E-state index in [0.29, 0.717) is 0 Å². The first-order valence-corrected chi connectivity index (χ1v) is 4.29. The molecular weight excluding hydrogens is 228 g/mol. The molecule has 0 radical (unpaired) electrons. The summed E-state index contributed by atoms with van der Waals surface area (Å²) in [5.41, 5.74) is -0.817. The topological polar surface area (TPSA) is 104 Å². The Labute approximate surface area is 102 Å². The largest absolute Gasteiger partial charge is 0.268 e. The predicted molar refractivity (Wildman–Crippen MR) is 56.7 cm³/mol. The van der Waals surface area contributed by atoms with Gasteiger partial charge in [0.1, 0.15) is 17.7 Å². The molecule has 0 aromatic carbocycles. The molecule has 0 heterocycles. The van der Waals surface area contributed by atoms with E-state index in [9.17, 15) is 0 Å². The van der Waals surface area contributed by atoms with E-state index in [1.807, 2.05) is 0 Å². The first-order valence-electron chi connectivity index (χ1n) is 4.29. The Balaban J connectivity index is 3.79. The second-order valence-electron chi connectivity index (χ2n) is 2.87. The monoisotopic (exact) mass is 228 g/mol. The molecule has 6 heteroatoms. The standard InChI is InChI=1S/C12N6/c1-17-8(5-15)11-10(7(3-13)4-14)12(11)9(6-16)18-2/b11-8-,12-9-. The van der Waals surface area contributed by atoms with Crippen LogP contribution in [0, 0.1) is 58.5 Å². The molecule has 0 bridgehead atoms. The van der Waals surface area contributed by atoms with E-state index in [1.54, 1.807) is 24.3 Å². The first kappa shape index (κ1) is 12.2. The van der Waals surface area contributed by atoms with E-state index in [0.717, 1.165) is 0 Å². The van der Waals surface area contributed by atoms with Crippen molar-refractivity contribution in [1.29, 1.82) is 21.0 Å². The van der Waals surface area contributed by atoms with Gasteiger partial charge in [0.05, 0.1) is 25.3 Å². The van der Waals surface area contributed by atoms with Crippen molar-refractivity contribution in [3.05, 3.63) is 56.5 Å². The highest BCUT2D eigenvalue weighted by molar-refractivity contribution is 5.88. The molecule has 0 unspecified atom stereocenters. The summed E-state index contributed by atoms with van der Waals surface area (Å²) < 4.78 is 0. The second kappa shape index (κ2) is 4.79. The van der Waals surface area contributed by atoms with Crippen molar-refractivity contribution < 1.29 is 0 Å². The average Bonchev–Trinajstić information content (AvgIpc) is 3.10. The highest BCUT2D eigenvalue weighted by Crippen LogP contribution is 2.50. The molecular formula is C12N6. The molecule has 0 atom stereocenters. The first-order chi connectivity index (χ1) is 8.69. The van der Waals surface area contributed by atoms with Gasteiger partial charge in [-0.3, -0.25) is 0 Å². The number of allylic oxidation sites excluding steroid dienone is 6. The molecule has 18 heavy (non-hydrogen) atoms. The van der Waals surface area contributed by atoms with Crippen molar-refractivity contribution in [2.45, 2.75) is 0 Å². The molecule has 6 nitrogen and oxygen atoms in total. The highest BCUT2D eigenvalue weighted by atomic mass is 14.7. The number of nitrogens with zero attached hydrogens (tertiary/aromatic N) is 6. The molecule has 1 aliphatic carbocycles. The molecule has 1 aliphatic rings. The maximum absolute atomic E-state index is 8.73. The van der Waals surface area contributed by atoms with Crippen LogP contribution in [0.5, 0.6) is 0 Å². The summed E-state index contributed by atoms with van der Waals surface area (Å²) in [6.45, 7) is 13.6. The van der Waals surface area contributed by atoms with Crippen LogP contribution in [0.15, 0.2) is 33.7 Å². The number of hydrogen-bond acceptors (Lipinski definition) is 4. The predicted octanol–water partition coefficient (Wildman–Crippen LogP) is 1.74. The lowest BCUT2D eigenvalue weighted by atomic mass is 10.2. The summed E-state index contributed by atoms with van der Waals surface area (Å²) >= 11 is 0. The summed E-state index contributed by atoms with van der Waals surface area (Å²) in [5, 5.41) is 34.9. The van der Waals surface area contributed by atoms with Gasteiger partial charge < -0.3 is 0 Å². The van der Waals surface area contributed by atoms with Crippen LogP contribution < -0.4 is 0 Å². The summed E-state index contributed by atoms with van der Waals surface area (Å²) in [5.74, 6) is 0. The van der Waals surface area contributed by atoms with E-state index < -0.39 is 0 Å². The number of hydrogen-bond donors (Lipinski definition) is 0. The third-order valence-electron chi connectivity index (χ3n) is 2.07. The van der Waals surface area contributed by atoms with Crippen molar-refractivity contribution in [3.63, 3.8) is 0 Å². The number of nitriles is 4. The zero-order valence-electron chi connectivity index (χ0n) is 8.68. The van der Waals surface area contributed by atoms with Gasteiger partial charge in [-0.2, -0.15) is 10.5 Å². The van der Waals surface area contributed by atoms with Crippen LogP contribution in [0.25, 0.3) is 9.69 Å². The Kier molecular flexibility index (Phi) is 3.25. The normalized spacial score (nSPS) is 16.7. The fourth-order valence-corrected chi connectivity index (χ4v) is 1.32. The lowest BCUT2D eigenvalue weighted by Gasteiger charge is -1.75. The highest BCUT2D eigenvalue weighted by Gasteiger charge is 2.40. The summed E-state index contributed by atoms with van der Waals surface area (Å²) in [7, 11) is 0. The van der Waals surface area contributed by atoms with Crippen molar-refractivity contribution in [2.24, 2.45) is 0 Å². The smallest absolute Gasteiger partial charge is 0.226 e. The van der Waals surface area contributed by atoms with Crippen LogP contribution in [0.1, 0.15) is 0 Å². The number of rotatable bonds is 0. The Morgan fingerprint density at radius 1 is 0.722 bits per heavy atom. The average molecular weight is 228 g/mol. The van der Waals surface area contributed by atoms with Gasteiger partial charge in [0.2, 0.25) is 0 Å². The summed E-state index contributed by atoms with van der Waals surface area (Å²) in [6, 6.07) is 6.42. The molecule has 0 aromatic heterocycles. The third kappa shape index (κ3) is 1.66. The van der Waals surface area contributed by atoms with Crippen molar-refractivity contribution in [1.82, 2.24) is 0 Å².